The number of furan rings is 1. The quantitative estimate of drug-likeness (QED) is 0.693. The number of carbonyl (C=O) groups excluding carboxylic acids is 1. The first-order valence-corrected chi connectivity index (χ1v) is 7.49. The molecule has 112 valence electrons. The highest BCUT2D eigenvalue weighted by molar-refractivity contribution is 7.99. The number of primary amides is 1. The molecule has 0 fully saturated rings. The van der Waals surface area contributed by atoms with Gasteiger partial charge in [0.25, 0.3) is 0 Å². The largest absolute Gasteiger partial charge is 0.467 e. The van der Waals surface area contributed by atoms with E-state index in [9.17, 15) is 4.79 Å². The van der Waals surface area contributed by atoms with Crippen LogP contribution in [0.25, 0.3) is 11.4 Å². The van der Waals surface area contributed by atoms with Gasteiger partial charge in [0.15, 0.2) is 11.0 Å². The molecule has 0 saturated carbocycles. The van der Waals surface area contributed by atoms with Crippen LogP contribution in [-0.4, -0.2) is 31.4 Å². The summed E-state index contributed by atoms with van der Waals surface area (Å²) in [6.07, 6.45) is 5.02. The van der Waals surface area contributed by atoms with Gasteiger partial charge in [0.1, 0.15) is 5.76 Å². The third-order valence-electron chi connectivity index (χ3n) is 2.87. The van der Waals surface area contributed by atoms with Crippen molar-refractivity contribution in [2.75, 3.05) is 5.75 Å². The number of pyridine rings is 1. The molecule has 0 aliphatic carbocycles. The zero-order valence-electron chi connectivity index (χ0n) is 11.5. The van der Waals surface area contributed by atoms with E-state index < -0.39 is 5.91 Å². The van der Waals surface area contributed by atoms with Crippen LogP contribution in [0.3, 0.4) is 0 Å². The van der Waals surface area contributed by atoms with Crippen molar-refractivity contribution in [1.29, 1.82) is 0 Å². The molecular weight excluding hydrogens is 302 g/mol. The Morgan fingerprint density at radius 3 is 2.91 bits per heavy atom. The zero-order valence-corrected chi connectivity index (χ0v) is 12.4. The van der Waals surface area contributed by atoms with Crippen molar-refractivity contribution in [2.45, 2.75) is 11.7 Å². The van der Waals surface area contributed by atoms with Gasteiger partial charge in [0.2, 0.25) is 5.91 Å². The van der Waals surface area contributed by atoms with E-state index >= 15 is 0 Å². The lowest BCUT2D eigenvalue weighted by Crippen LogP contribution is -2.14. The third kappa shape index (κ3) is 3.17. The van der Waals surface area contributed by atoms with Gasteiger partial charge in [-0.2, -0.15) is 0 Å². The molecule has 3 aromatic heterocycles. The van der Waals surface area contributed by atoms with E-state index in [2.05, 4.69) is 15.2 Å². The van der Waals surface area contributed by atoms with Gasteiger partial charge in [-0.05, 0) is 24.3 Å². The van der Waals surface area contributed by atoms with Crippen LogP contribution in [0.5, 0.6) is 0 Å². The van der Waals surface area contributed by atoms with E-state index in [4.69, 9.17) is 10.2 Å². The second kappa shape index (κ2) is 6.44. The van der Waals surface area contributed by atoms with Gasteiger partial charge in [-0.3, -0.25) is 14.3 Å². The minimum atomic E-state index is -0.402. The molecule has 0 spiro atoms. The predicted molar refractivity (Wildman–Crippen MR) is 81.0 cm³/mol. The van der Waals surface area contributed by atoms with Gasteiger partial charge in [-0.1, -0.05) is 11.8 Å². The molecular formula is C14H13N5O2S. The topological polar surface area (TPSA) is 99.8 Å². The lowest BCUT2D eigenvalue weighted by atomic mass is 10.2. The van der Waals surface area contributed by atoms with Gasteiger partial charge < -0.3 is 10.2 Å². The van der Waals surface area contributed by atoms with Crippen molar-refractivity contribution in [3.05, 3.63) is 48.7 Å². The second-order valence-corrected chi connectivity index (χ2v) is 5.41. The van der Waals surface area contributed by atoms with E-state index in [1.54, 1.807) is 18.7 Å². The van der Waals surface area contributed by atoms with E-state index in [0.717, 1.165) is 11.3 Å². The summed E-state index contributed by atoms with van der Waals surface area (Å²) in [5.41, 5.74) is 6.04. The summed E-state index contributed by atoms with van der Waals surface area (Å²) >= 11 is 1.25. The van der Waals surface area contributed by atoms with Crippen LogP contribution in [0.1, 0.15) is 5.76 Å². The fourth-order valence-corrected chi connectivity index (χ4v) is 2.62. The Bertz CT molecular complexity index is 755. The zero-order chi connectivity index (χ0) is 15.4. The van der Waals surface area contributed by atoms with Crippen LogP contribution in [0.2, 0.25) is 0 Å². The lowest BCUT2D eigenvalue weighted by Gasteiger charge is -2.08. The van der Waals surface area contributed by atoms with E-state index in [1.807, 2.05) is 28.8 Å². The molecule has 0 atom stereocenters. The lowest BCUT2D eigenvalue weighted by molar-refractivity contribution is -0.115. The molecule has 22 heavy (non-hydrogen) atoms. The Balaban J connectivity index is 1.97. The Kier molecular flexibility index (Phi) is 4.19. The molecule has 3 heterocycles. The molecule has 0 unspecified atom stereocenters. The van der Waals surface area contributed by atoms with E-state index in [1.165, 1.54) is 11.8 Å². The first-order chi connectivity index (χ1) is 10.7. The molecule has 1 amide bonds. The summed E-state index contributed by atoms with van der Waals surface area (Å²) in [5.74, 6) is 1.17. The SMILES string of the molecule is NC(=O)CSc1nnc(-c2cccnc2)n1Cc1ccco1. The molecule has 0 bridgehead atoms. The van der Waals surface area contributed by atoms with E-state index in [0.29, 0.717) is 17.5 Å². The molecule has 2 N–H and O–H groups in total. The molecule has 3 rings (SSSR count). The summed E-state index contributed by atoms with van der Waals surface area (Å²) in [4.78, 5) is 15.1. The Morgan fingerprint density at radius 2 is 2.23 bits per heavy atom. The Hall–Kier alpha value is -2.61. The maximum Gasteiger partial charge on any atom is 0.227 e. The monoisotopic (exact) mass is 315 g/mol. The second-order valence-electron chi connectivity index (χ2n) is 4.47. The summed E-state index contributed by atoms with van der Waals surface area (Å²) in [7, 11) is 0. The maximum atomic E-state index is 11.0. The number of rotatable bonds is 6. The minimum Gasteiger partial charge on any atom is -0.467 e. The molecule has 0 aliphatic heterocycles. The molecule has 0 aliphatic rings. The normalized spacial score (nSPS) is 10.7. The smallest absolute Gasteiger partial charge is 0.227 e. The fourth-order valence-electron chi connectivity index (χ4n) is 1.94. The molecule has 3 aromatic rings. The van der Waals surface area contributed by atoms with Crippen LogP contribution < -0.4 is 5.73 Å². The number of carbonyl (C=O) groups is 1. The molecule has 0 radical (unpaired) electrons. The van der Waals surface area contributed by atoms with Crippen molar-refractivity contribution in [1.82, 2.24) is 19.7 Å². The first kappa shape index (κ1) is 14.3. The number of nitrogens with two attached hydrogens (primary N) is 1. The highest BCUT2D eigenvalue weighted by atomic mass is 32.2. The van der Waals surface area contributed by atoms with Crippen LogP contribution in [0, 0.1) is 0 Å². The number of amides is 1. The van der Waals surface area contributed by atoms with Crippen molar-refractivity contribution >= 4 is 17.7 Å². The van der Waals surface area contributed by atoms with Gasteiger partial charge in [0.05, 0.1) is 18.6 Å². The van der Waals surface area contributed by atoms with Gasteiger partial charge in [-0.25, -0.2) is 0 Å². The summed E-state index contributed by atoms with van der Waals surface area (Å²) in [5, 5.41) is 8.95. The highest BCUT2D eigenvalue weighted by Crippen LogP contribution is 2.24. The highest BCUT2D eigenvalue weighted by Gasteiger charge is 2.16. The average Bonchev–Trinajstić information content (AvgIpc) is 3.16. The summed E-state index contributed by atoms with van der Waals surface area (Å²) < 4.78 is 7.26. The van der Waals surface area contributed by atoms with Crippen LogP contribution in [-0.2, 0) is 11.3 Å². The summed E-state index contributed by atoms with van der Waals surface area (Å²) in [6, 6.07) is 7.42. The molecule has 0 saturated heterocycles. The van der Waals surface area contributed by atoms with E-state index in [-0.39, 0.29) is 5.75 Å². The number of nitrogens with zero attached hydrogens (tertiary/aromatic N) is 4. The number of aromatic nitrogens is 4. The Labute approximate surface area is 130 Å². The van der Waals surface area contributed by atoms with Gasteiger partial charge >= 0.3 is 0 Å². The maximum absolute atomic E-state index is 11.0. The van der Waals surface area contributed by atoms with Gasteiger partial charge in [-0.15, -0.1) is 10.2 Å². The van der Waals surface area contributed by atoms with Crippen molar-refractivity contribution in [3.8, 4) is 11.4 Å². The van der Waals surface area contributed by atoms with Crippen molar-refractivity contribution in [3.63, 3.8) is 0 Å². The standard InChI is InChI=1S/C14H13N5O2S/c15-12(20)9-22-14-18-17-13(10-3-1-5-16-7-10)19(14)8-11-4-2-6-21-11/h1-7H,8-9H2,(H2,15,20). The van der Waals surface area contributed by atoms with Crippen LogP contribution in [0.15, 0.2) is 52.5 Å². The van der Waals surface area contributed by atoms with Crippen molar-refractivity contribution in [2.24, 2.45) is 5.73 Å². The van der Waals surface area contributed by atoms with Crippen molar-refractivity contribution < 1.29 is 9.21 Å². The molecule has 7 nitrogen and oxygen atoms in total. The number of hydrogen-bond acceptors (Lipinski definition) is 6. The first-order valence-electron chi connectivity index (χ1n) is 6.51. The third-order valence-corrected chi connectivity index (χ3v) is 3.86. The molecule has 0 aromatic carbocycles. The number of hydrogen-bond donors (Lipinski definition) is 1. The van der Waals surface area contributed by atoms with Crippen LogP contribution in [0.4, 0.5) is 0 Å². The average molecular weight is 315 g/mol. The fraction of sp³-hybridized carbons (Fsp3) is 0.143. The summed E-state index contributed by atoms with van der Waals surface area (Å²) in [6.45, 7) is 0.464. The minimum absolute atomic E-state index is 0.142. The van der Waals surface area contributed by atoms with Gasteiger partial charge in [0, 0.05) is 18.0 Å². The predicted octanol–water partition coefficient (Wildman–Crippen LogP) is 1.56. The Morgan fingerprint density at radius 1 is 1.32 bits per heavy atom. The van der Waals surface area contributed by atoms with Crippen LogP contribution >= 0.6 is 11.8 Å². The number of thioether (sulfide) groups is 1. The molecule has 8 heteroatoms.